The summed E-state index contributed by atoms with van der Waals surface area (Å²) in [6, 6.07) is 9.00. The highest BCUT2D eigenvalue weighted by Crippen LogP contribution is 2.27. The molecule has 0 N–H and O–H groups in total. The zero-order chi connectivity index (χ0) is 15.7. The van der Waals surface area contributed by atoms with Crippen LogP contribution in [-0.2, 0) is 24.7 Å². The predicted molar refractivity (Wildman–Crippen MR) is 80.5 cm³/mol. The number of carbonyl (C=O) groups is 1. The Hall–Kier alpha value is -1.40. The molecule has 0 aromatic heterocycles. The molecule has 1 aromatic rings. The molecule has 1 aromatic carbocycles. The van der Waals surface area contributed by atoms with Crippen molar-refractivity contribution in [1.29, 1.82) is 0 Å². The summed E-state index contributed by atoms with van der Waals surface area (Å²) in [5.74, 6) is -1.19. The molecule has 0 bridgehead atoms. The van der Waals surface area contributed by atoms with Gasteiger partial charge in [-0.3, -0.25) is 8.98 Å². The van der Waals surface area contributed by atoms with Gasteiger partial charge in [0.15, 0.2) is 0 Å². The van der Waals surface area contributed by atoms with Crippen molar-refractivity contribution < 1.29 is 22.1 Å². The zero-order valence-electron chi connectivity index (χ0n) is 12.4. The van der Waals surface area contributed by atoms with Gasteiger partial charge in [-0.15, -0.1) is 0 Å². The molecule has 0 spiro atoms. The minimum absolute atomic E-state index is 0.242. The zero-order valence-corrected chi connectivity index (χ0v) is 13.3. The summed E-state index contributed by atoms with van der Waals surface area (Å²) in [6.07, 6.45) is 1.42. The number of hydrogen-bond donors (Lipinski definition) is 1. The number of unbranched alkanes of at least 4 members (excludes halogenated alkanes) is 1. The molecule has 21 heavy (non-hydrogen) atoms. The number of carbonyl (C=O) groups excluding carboxylic acids is 1. The monoisotopic (exact) mass is 314 g/mol. The van der Waals surface area contributed by atoms with Gasteiger partial charge >= 0.3 is 5.97 Å². The molecule has 118 valence electrons. The van der Waals surface area contributed by atoms with Gasteiger partial charge in [0.05, 0.1) is 12.7 Å². The summed E-state index contributed by atoms with van der Waals surface area (Å²) >= 11 is 0. The van der Waals surface area contributed by atoms with Gasteiger partial charge in [0.1, 0.15) is 5.92 Å². The second kappa shape index (κ2) is 9.52. The normalized spacial score (nSPS) is 13.9. The smallest absolute Gasteiger partial charge is 0.316 e. The lowest BCUT2D eigenvalue weighted by Gasteiger charge is -2.23. The van der Waals surface area contributed by atoms with Gasteiger partial charge in [0.25, 0.3) is 11.0 Å². The van der Waals surface area contributed by atoms with Crippen LogP contribution in [0.4, 0.5) is 0 Å². The Balaban J connectivity index is 3.07. The molecule has 0 aliphatic heterocycles. The van der Waals surface area contributed by atoms with Crippen molar-refractivity contribution in [3.8, 4) is 0 Å². The quantitative estimate of drug-likeness (QED) is 0.560. The fourth-order valence-corrected chi connectivity index (χ4v) is 2.64. The van der Waals surface area contributed by atoms with Crippen molar-refractivity contribution in [2.45, 2.75) is 45.1 Å². The van der Waals surface area contributed by atoms with Crippen LogP contribution in [0.25, 0.3) is 0 Å². The van der Waals surface area contributed by atoms with Crippen molar-refractivity contribution in [2.75, 3.05) is 6.61 Å². The van der Waals surface area contributed by atoms with E-state index in [-0.39, 0.29) is 6.61 Å². The third-order valence-corrected chi connectivity index (χ3v) is 3.58. The molecule has 1 rings (SSSR count). The van der Waals surface area contributed by atoms with E-state index in [9.17, 15) is 13.2 Å². The lowest BCUT2D eigenvalue weighted by Crippen LogP contribution is -2.30. The Bertz CT molecular complexity index is 490. The maximum Gasteiger partial charge on any atom is 0.316 e. The summed E-state index contributed by atoms with van der Waals surface area (Å²) in [5.41, 5.74) is 0.703. The van der Waals surface area contributed by atoms with Crippen molar-refractivity contribution in [2.24, 2.45) is 0 Å². The van der Waals surface area contributed by atoms with E-state index < -0.39 is 29.0 Å². The Morgan fingerprint density at radius 3 is 2.38 bits per heavy atom. The fourth-order valence-electron chi connectivity index (χ4n) is 2.19. The minimum atomic E-state index is -3.02. The van der Waals surface area contributed by atoms with Crippen molar-refractivity contribution in [3.63, 3.8) is 0 Å². The molecule has 5 nitrogen and oxygen atoms in total. The van der Waals surface area contributed by atoms with Gasteiger partial charge in [0.2, 0.25) is 0 Å². The molecule has 0 aliphatic carbocycles. The van der Waals surface area contributed by atoms with Gasteiger partial charge < -0.3 is 4.74 Å². The van der Waals surface area contributed by atoms with Crippen molar-refractivity contribution in [3.05, 3.63) is 35.9 Å². The second-order valence-corrected chi connectivity index (χ2v) is 5.31. The molecule has 2 unspecified atom stereocenters. The first kappa shape index (κ1) is 17.7. The molecule has 0 aliphatic rings. The first-order valence-electron chi connectivity index (χ1n) is 7.12. The molecule has 0 amide bonds. The number of thiol groups is 1. The number of esters is 1. The molecular weight excluding hydrogens is 292 g/mol. The van der Waals surface area contributed by atoms with E-state index in [1.807, 2.05) is 13.0 Å². The third kappa shape index (κ3) is 5.85. The van der Waals surface area contributed by atoms with Crippen LogP contribution in [0, 0.1) is 0 Å². The van der Waals surface area contributed by atoms with Crippen molar-refractivity contribution >= 4 is 17.0 Å². The highest BCUT2D eigenvalue weighted by molar-refractivity contribution is 7.67. The van der Waals surface area contributed by atoms with E-state index in [0.29, 0.717) is 12.0 Å². The predicted octanol–water partition coefficient (Wildman–Crippen LogP) is 2.44. The molecule has 0 fully saturated rings. The first-order chi connectivity index (χ1) is 10.1. The number of rotatable bonds is 9. The Labute approximate surface area is 127 Å². The van der Waals surface area contributed by atoms with Gasteiger partial charge in [-0.05, 0) is 18.9 Å². The van der Waals surface area contributed by atoms with Crippen LogP contribution >= 0.6 is 0 Å². The van der Waals surface area contributed by atoms with E-state index in [4.69, 9.17) is 8.92 Å². The largest absolute Gasteiger partial charge is 0.465 e. The lowest BCUT2D eigenvalue weighted by atomic mass is 9.90. The Morgan fingerprint density at radius 2 is 1.86 bits per heavy atom. The average Bonchev–Trinajstić information content (AvgIpc) is 2.45. The second-order valence-electron chi connectivity index (χ2n) is 4.65. The summed E-state index contributed by atoms with van der Waals surface area (Å²) in [6.45, 7) is 3.96. The lowest BCUT2D eigenvalue weighted by molar-refractivity contribution is -0.147. The topological polar surface area (TPSA) is 69.7 Å². The average molecular weight is 314 g/mol. The van der Waals surface area contributed by atoms with Crippen LogP contribution in [-0.4, -0.2) is 27.1 Å². The van der Waals surface area contributed by atoms with Crippen molar-refractivity contribution in [1.82, 2.24) is 0 Å². The molecule has 0 saturated heterocycles. The van der Waals surface area contributed by atoms with Crippen LogP contribution in [0.2, 0.25) is 0 Å². The summed E-state index contributed by atoms with van der Waals surface area (Å²) in [5, 5.41) is 0. The van der Waals surface area contributed by atoms with Crippen LogP contribution < -0.4 is 0 Å². The molecule has 0 radical (unpaired) electrons. The van der Waals surface area contributed by atoms with Crippen LogP contribution in [0.3, 0.4) is 0 Å². The molecule has 0 saturated carbocycles. The van der Waals surface area contributed by atoms with Gasteiger partial charge in [-0.25, -0.2) is 8.42 Å². The van der Waals surface area contributed by atoms with E-state index in [1.165, 1.54) is 0 Å². The van der Waals surface area contributed by atoms with E-state index in [0.717, 1.165) is 12.8 Å². The minimum Gasteiger partial charge on any atom is -0.465 e. The van der Waals surface area contributed by atoms with E-state index >= 15 is 0 Å². The molecular formula is C15H22O5S. The standard InChI is InChI=1S/C15H22O5S/c1-3-5-11-13(20-21(17)18)14(15(16)19-4-2)12-9-7-6-8-10-12/h6-10,13-14,21H,3-5,11H2,1-2H3. The Kier molecular flexibility index (Phi) is 8.00. The van der Waals surface area contributed by atoms with Gasteiger partial charge in [0, 0.05) is 0 Å². The highest BCUT2D eigenvalue weighted by atomic mass is 32.2. The highest BCUT2D eigenvalue weighted by Gasteiger charge is 2.32. The number of hydrogen-bond acceptors (Lipinski definition) is 5. The summed E-state index contributed by atoms with van der Waals surface area (Å²) in [4.78, 5) is 12.2. The summed E-state index contributed by atoms with van der Waals surface area (Å²) in [7, 11) is -3.02. The SMILES string of the molecule is CCCCC(O[SH](=O)=O)C(C(=O)OCC)c1ccccc1. The van der Waals surface area contributed by atoms with Crippen LogP contribution in [0.15, 0.2) is 30.3 Å². The molecule has 6 heteroatoms. The van der Waals surface area contributed by atoms with Gasteiger partial charge in [-0.1, -0.05) is 50.1 Å². The Morgan fingerprint density at radius 1 is 1.19 bits per heavy atom. The van der Waals surface area contributed by atoms with E-state index in [2.05, 4.69) is 0 Å². The third-order valence-electron chi connectivity index (χ3n) is 3.13. The fraction of sp³-hybridized carbons (Fsp3) is 0.533. The van der Waals surface area contributed by atoms with Crippen LogP contribution in [0.5, 0.6) is 0 Å². The maximum atomic E-state index is 12.2. The number of benzene rings is 1. The van der Waals surface area contributed by atoms with E-state index in [1.54, 1.807) is 31.2 Å². The molecule has 0 heterocycles. The number of ether oxygens (including phenoxy) is 1. The molecule has 2 atom stereocenters. The summed E-state index contributed by atoms with van der Waals surface area (Å²) < 4.78 is 32.0. The van der Waals surface area contributed by atoms with Gasteiger partial charge in [-0.2, -0.15) is 0 Å². The first-order valence-corrected chi connectivity index (χ1v) is 8.22. The maximum absolute atomic E-state index is 12.2. The van der Waals surface area contributed by atoms with Crippen LogP contribution in [0.1, 0.15) is 44.6 Å².